The number of nitrogens with zero attached hydrogens (tertiary/aromatic N) is 2. The molecular weight excluding hydrogens is 280 g/mol. The summed E-state index contributed by atoms with van der Waals surface area (Å²) in [7, 11) is 3.38. The quantitative estimate of drug-likeness (QED) is 0.805. The van der Waals surface area contributed by atoms with Gasteiger partial charge in [0.1, 0.15) is 0 Å². The fourth-order valence-electron chi connectivity index (χ4n) is 2.85. The van der Waals surface area contributed by atoms with Crippen molar-refractivity contribution in [3.05, 3.63) is 24.3 Å². The number of esters is 1. The zero-order chi connectivity index (χ0) is 16.3. The van der Waals surface area contributed by atoms with E-state index in [9.17, 15) is 9.59 Å². The van der Waals surface area contributed by atoms with Crippen LogP contribution in [0.2, 0.25) is 0 Å². The molecule has 1 amide bonds. The van der Waals surface area contributed by atoms with Crippen LogP contribution in [0.5, 0.6) is 0 Å². The van der Waals surface area contributed by atoms with E-state index in [1.54, 1.807) is 6.92 Å². The Bertz CT molecular complexity index is 559. The first kappa shape index (κ1) is 16.3. The molecule has 120 valence electrons. The van der Waals surface area contributed by atoms with Gasteiger partial charge in [0.2, 0.25) is 5.91 Å². The Balaban J connectivity index is 2.33. The molecule has 0 radical (unpaired) electrons. The number of benzene rings is 1. The van der Waals surface area contributed by atoms with Crippen molar-refractivity contribution in [3.8, 4) is 0 Å². The Hall–Kier alpha value is -2.04. The van der Waals surface area contributed by atoms with Crippen LogP contribution in [0.25, 0.3) is 0 Å². The number of methoxy groups -OCH3 is 1. The lowest BCUT2D eigenvalue weighted by Crippen LogP contribution is -2.42. The number of amides is 1. The van der Waals surface area contributed by atoms with Crippen molar-refractivity contribution in [2.75, 3.05) is 30.5 Å². The van der Waals surface area contributed by atoms with Gasteiger partial charge in [-0.15, -0.1) is 0 Å². The molecule has 0 aromatic heterocycles. The standard InChI is InChI=1S/C17H24N2O3/c1-12(11-16(20)22-4)17(21)19-13(2)9-10-18(3)14-7-5-6-8-15(14)19/h5-8,12-13H,9-11H2,1-4H3/t12-,13-/m0/s1. The summed E-state index contributed by atoms with van der Waals surface area (Å²) < 4.78 is 4.68. The Morgan fingerprint density at radius 2 is 1.95 bits per heavy atom. The fourth-order valence-corrected chi connectivity index (χ4v) is 2.85. The molecule has 0 saturated carbocycles. The first-order valence-electron chi connectivity index (χ1n) is 7.65. The predicted octanol–water partition coefficient (Wildman–Crippen LogP) is 2.45. The van der Waals surface area contributed by atoms with E-state index in [0.717, 1.165) is 24.3 Å². The van der Waals surface area contributed by atoms with Gasteiger partial charge in [-0.3, -0.25) is 9.59 Å². The van der Waals surface area contributed by atoms with Crippen LogP contribution in [0.4, 0.5) is 11.4 Å². The molecule has 0 aliphatic carbocycles. The monoisotopic (exact) mass is 304 g/mol. The second-order valence-electron chi connectivity index (χ2n) is 5.94. The van der Waals surface area contributed by atoms with Crippen molar-refractivity contribution < 1.29 is 14.3 Å². The SMILES string of the molecule is COC(=O)C[C@H](C)C(=O)N1c2ccccc2N(C)CC[C@@H]1C. The average Bonchev–Trinajstić information content (AvgIpc) is 2.64. The van der Waals surface area contributed by atoms with Crippen molar-refractivity contribution in [1.29, 1.82) is 0 Å². The number of ether oxygens (including phenoxy) is 1. The van der Waals surface area contributed by atoms with E-state index in [0.29, 0.717) is 0 Å². The molecule has 0 saturated heterocycles. The molecule has 1 aromatic carbocycles. The number of para-hydroxylation sites is 2. The summed E-state index contributed by atoms with van der Waals surface area (Å²) in [6.07, 6.45) is 0.998. The Morgan fingerprint density at radius 1 is 1.32 bits per heavy atom. The molecule has 0 N–H and O–H groups in total. The van der Waals surface area contributed by atoms with Crippen molar-refractivity contribution in [1.82, 2.24) is 0 Å². The van der Waals surface area contributed by atoms with Gasteiger partial charge in [0.05, 0.1) is 24.9 Å². The van der Waals surface area contributed by atoms with E-state index in [4.69, 9.17) is 0 Å². The highest BCUT2D eigenvalue weighted by Crippen LogP contribution is 2.34. The van der Waals surface area contributed by atoms with Gasteiger partial charge in [-0.05, 0) is 25.5 Å². The molecule has 0 unspecified atom stereocenters. The van der Waals surface area contributed by atoms with Gasteiger partial charge in [-0.2, -0.15) is 0 Å². The lowest BCUT2D eigenvalue weighted by atomic mass is 10.0. The highest BCUT2D eigenvalue weighted by atomic mass is 16.5. The Labute approximate surface area is 131 Å². The van der Waals surface area contributed by atoms with Crippen LogP contribution in [-0.2, 0) is 14.3 Å². The van der Waals surface area contributed by atoms with Crippen molar-refractivity contribution in [3.63, 3.8) is 0 Å². The molecule has 0 fully saturated rings. The van der Waals surface area contributed by atoms with Gasteiger partial charge in [0.25, 0.3) is 0 Å². The van der Waals surface area contributed by atoms with Crippen LogP contribution < -0.4 is 9.80 Å². The lowest BCUT2D eigenvalue weighted by Gasteiger charge is -2.30. The maximum atomic E-state index is 12.9. The highest BCUT2D eigenvalue weighted by molar-refractivity contribution is 6.00. The zero-order valence-corrected chi connectivity index (χ0v) is 13.7. The summed E-state index contributed by atoms with van der Waals surface area (Å²) in [5.74, 6) is -0.777. The summed E-state index contributed by atoms with van der Waals surface area (Å²) in [4.78, 5) is 28.3. The van der Waals surface area contributed by atoms with Gasteiger partial charge in [-0.1, -0.05) is 19.1 Å². The van der Waals surface area contributed by atoms with Gasteiger partial charge >= 0.3 is 5.97 Å². The maximum absolute atomic E-state index is 12.9. The Morgan fingerprint density at radius 3 is 2.59 bits per heavy atom. The molecule has 5 heteroatoms. The molecule has 2 rings (SSSR count). The third-order valence-electron chi connectivity index (χ3n) is 4.24. The third-order valence-corrected chi connectivity index (χ3v) is 4.24. The van der Waals surface area contributed by atoms with Crippen LogP contribution in [0.1, 0.15) is 26.7 Å². The first-order valence-corrected chi connectivity index (χ1v) is 7.65. The summed E-state index contributed by atoms with van der Waals surface area (Å²) in [6.45, 7) is 4.73. The molecule has 1 aliphatic rings. The van der Waals surface area contributed by atoms with Crippen LogP contribution in [0, 0.1) is 5.92 Å². The average molecular weight is 304 g/mol. The number of hydrogen-bond acceptors (Lipinski definition) is 4. The second-order valence-corrected chi connectivity index (χ2v) is 5.94. The van der Waals surface area contributed by atoms with Gasteiger partial charge in [0.15, 0.2) is 0 Å². The molecule has 0 spiro atoms. The number of anilines is 2. The minimum atomic E-state index is -0.397. The van der Waals surface area contributed by atoms with Crippen molar-refractivity contribution in [2.45, 2.75) is 32.7 Å². The predicted molar refractivity (Wildman–Crippen MR) is 87.1 cm³/mol. The second kappa shape index (κ2) is 6.81. The molecule has 5 nitrogen and oxygen atoms in total. The molecule has 1 aliphatic heterocycles. The largest absolute Gasteiger partial charge is 0.469 e. The minimum Gasteiger partial charge on any atom is -0.469 e. The molecule has 2 atom stereocenters. The fraction of sp³-hybridized carbons (Fsp3) is 0.529. The first-order chi connectivity index (χ1) is 10.5. The van der Waals surface area contributed by atoms with Crippen LogP contribution in [0.3, 0.4) is 0 Å². The normalized spacial score (nSPS) is 19.2. The van der Waals surface area contributed by atoms with Crippen molar-refractivity contribution >= 4 is 23.3 Å². The third kappa shape index (κ3) is 3.24. The van der Waals surface area contributed by atoms with E-state index in [2.05, 4.69) is 16.6 Å². The number of rotatable bonds is 3. The summed E-state index contributed by atoms with van der Waals surface area (Å²) in [6, 6.07) is 8.01. The van der Waals surface area contributed by atoms with E-state index >= 15 is 0 Å². The molecular formula is C17H24N2O3. The zero-order valence-electron chi connectivity index (χ0n) is 13.7. The van der Waals surface area contributed by atoms with E-state index in [-0.39, 0.29) is 24.3 Å². The Kier molecular flexibility index (Phi) is 5.06. The van der Waals surface area contributed by atoms with Crippen LogP contribution in [0.15, 0.2) is 24.3 Å². The summed E-state index contributed by atoms with van der Waals surface area (Å²) in [5.41, 5.74) is 1.96. The topological polar surface area (TPSA) is 49.9 Å². The van der Waals surface area contributed by atoms with Crippen LogP contribution >= 0.6 is 0 Å². The molecule has 22 heavy (non-hydrogen) atoms. The molecule has 1 aromatic rings. The van der Waals surface area contributed by atoms with Crippen LogP contribution in [-0.4, -0.2) is 38.6 Å². The lowest BCUT2D eigenvalue weighted by molar-refractivity contribution is -0.143. The number of carbonyl (C=O) groups excluding carboxylic acids is 2. The van der Waals surface area contributed by atoms with Gasteiger partial charge in [0, 0.05) is 25.6 Å². The van der Waals surface area contributed by atoms with Crippen molar-refractivity contribution in [2.24, 2.45) is 5.92 Å². The number of carbonyl (C=O) groups is 2. The van der Waals surface area contributed by atoms with Gasteiger partial charge < -0.3 is 14.5 Å². The smallest absolute Gasteiger partial charge is 0.306 e. The maximum Gasteiger partial charge on any atom is 0.306 e. The van der Waals surface area contributed by atoms with Gasteiger partial charge in [-0.25, -0.2) is 0 Å². The summed E-state index contributed by atoms with van der Waals surface area (Å²) in [5, 5.41) is 0. The minimum absolute atomic E-state index is 0.0272. The highest BCUT2D eigenvalue weighted by Gasteiger charge is 2.31. The summed E-state index contributed by atoms with van der Waals surface area (Å²) >= 11 is 0. The number of hydrogen-bond donors (Lipinski definition) is 0. The van der Waals surface area contributed by atoms with E-state index in [1.165, 1.54) is 7.11 Å². The molecule has 0 bridgehead atoms. The van der Waals surface area contributed by atoms with E-state index < -0.39 is 5.92 Å². The molecule has 1 heterocycles. The van der Waals surface area contributed by atoms with E-state index in [1.807, 2.05) is 36.2 Å². The number of fused-ring (bicyclic) bond motifs is 1.